The van der Waals surface area contributed by atoms with E-state index in [1.807, 2.05) is 6.92 Å². The number of aliphatic carboxylic acids is 1. The normalized spacial score (nSPS) is 11.5. The van der Waals surface area contributed by atoms with Crippen LogP contribution in [0.1, 0.15) is 39.5 Å². The molecule has 3 N–H and O–H groups in total. The molecule has 0 rings (SSSR count). The number of carboxylic acids is 1. The maximum Gasteiger partial charge on any atom is 0.314 e. The van der Waals surface area contributed by atoms with Crippen LogP contribution in [0.4, 0.5) is 4.79 Å². The van der Waals surface area contributed by atoms with Crippen LogP contribution < -0.4 is 10.6 Å². The van der Waals surface area contributed by atoms with Gasteiger partial charge in [-0.05, 0) is 19.3 Å². The molecule has 1 atom stereocenters. The van der Waals surface area contributed by atoms with Gasteiger partial charge in [0.15, 0.2) is 0 Å². The maximum atomic E-state index is 11.4. The predicted molar refractivity (Wildman–Crippen MR) is 73.3 cm³/mol. The van der Waals surface area contributed by atoms with Crippen LogP contribution in [0.3, 0.4) is 0 Å². The molecule has 0 fully saturated rings. The number of ether oxygens (including phenoxy) is 1. The molecule has 0 aromatic rings. The highest BCUT2D eigenvalue weighted by Crippen LogP contribution is 2.06. The number of nitrogens with one attached hydrogen (secondary N) is 2. The third-order valence-corrected chi connectivity index (χ3v) is 2.74. The van der Waals surface area contributed by atoms with E-state index in [0.717, 1.165) is 0 Å². The summed E-state index contributed by atoms with van der Waals surface area (Å²) in [4.78, 5) is 33.0. The summed E-state index contributed by atoms with van der Waals surface area (Å²) in [6.07, 6.45) is 1.51. The highest BCUT2D eigenvalue weighted by atomic mass is 16.5. The number of carbonyl (C=O) groups is 3. The Labute approximate surface area is 119 Å². The van der Waals surface area contributed by atoms with Crippen molar-refractivity contribution in [3.05, 3.63) is 0 Å². The molecular weight excluding hydrogens is 264 g/mol. The number of carbonyl (C=O) groups excluding carboxylic acids is 2. The Kier molecular flexibility index (Phi) is 10.1. The topological polar surface area (TPSA) is 105 Å². The molecular formula is C13H24N2O5. The van der Waals surface area contributed by atoms with Crippen molar-refractivity contribution < 1.29 is 24.2 Å². The van der Waals surface area contributed by atoms with Crippen molar-refractivity contribution in [1.82, 2.24) is 10.6 Å². The largest absolute Gasteiger partial charge is 0.481 e. The number of hydrogen-bond donors (Lipinski definition) is 3. The molecule has 116 valence electrons. The van der Waals surface area contributed by atoms with Crippen molar-refractivity contribution in [3.8, 4) is 0 Å². The molecule has 0 aliphatic rings. The number of esters is 1. The zero-order valence-electron chi connectivity index (χ0n) is 12.1. The standard InChI is InChI=1S/C13H24N2O5/c1-3-10(8-11(16)17)9-15-13(19)14-7-5-6-12(18)20-4-2/h10H,3-9H2,1-2H3,(H,16,17)(H2,14,15,19). The lowest BCUT2D eigenvalue weighted by molar-refractivity contribution is -0.143. The number of carboxylic acid groups (broad SMARTS) is 1. The lowest BCUT2D eigenvalue weighted by Gasteiger charge is -2.13. The van der Waals surface area contributed by atoms with E-state index in [1.54, 1.807) is 6.92 Å². The van der Waals surface area contributed by atoms with Gasteiger partial charge in [-0.25, -0.2) is 4.79 Å². The van der Waals surface area contributed by atoms with Gasteiger partial charge >= 0.3 is 18.0 Å². The third kappa shape index (κ3) is 10.2. The number of urea groups is 1. The smallest absolute Gasteiger partial charge is 0.314 e. The molecule has 7 heteroatoms. The van der Waals surface area contributed by atoms with E-state index in [-0.39, 0.29) is 30.8 Å². The molecule has 0 spiro atoms. The Balaban J connectivity index is 3.67. The molecule has 20 heavy (non-hydrogen) atoms. The zero-order valence-corrected chi connectivity index (χ0v) is 12.1. The van der Waals surface area contributed by atoms with E-state index < -0.39 is 5.97 Å². The maximum absolute atomic E-state index is 11.4. The molecule has 0 bridgehead atoms. The summed E-state index contributed by atoms with van der Waals surface area (Å²) in [6, 6.07) is -0.349. The quantitative estimate of drug-likeness (QED) is 0.413. The Morgan fingerprint density at radius 2 is 1.90 bits per heavy atom. The zero-order chi connectivity index (χ0) is 15.4. The van der Waals surface area contributed by atoms with Crippen LogP contribution in [0, 0.1) is 5.92 Å². The molecule has 0 aliphatic carbocycles. The van der Waals surface area contributed by atoms with E-state index in [0.29, 0.717) is 32.5 Å². The highest BCUT2D eigenvalue weighted by molar-refractivity contribution is 5.74. The molecule has 2 amide bonds. The molecule has 0 heterocycles. The van der Waals surface area contributed by atoms with E-state index in [4.69, 9.17) is 9.84 Å². The summed E-state index contributed by atoms with van der Waals surface area (Å²) in [7, 11) is 0. The van der Waals surface area contributed by atoms with Gasteiger partial charge in [-0.1, -0.05) is 13.3 Å². The summed E-state index contributed by atoms with van der Waals surface area (Å²) in [6.45, 7) is 4.68. The molecule has 0 radical (unpaired) electrons. The Morgan fingerprint density at radius 1 is 1.20 bits per heavy atom. The fourth-order valence-electron chi connectivity index (χ4n) is 1.58. The van der Waals surface area contributed by atoms with Crippen molar-refractivity contribution in [3.63, 3.8) is 0 Å². The first kappa shape index (κ1) is 18.2. The van der Waals surface area contributed by atoms with Crippen molar-refractivity contribution in [2.24, 2.45) is 5.92 Å². The van der Waals surface area contributed by atoms with Gasteiger partial charge in [0.25, 0.3) is 0 Å². The van der Waals surface area contributed by atoms with Gasteiger partial charge in [-0.15, -0.1) is 0 Å². The summed E-state index contributed by atoms with van der Waals surface area (Å²) in [5.74, 6) is -1.21. The molecule has 0 aliphatic heterocycles. The fraction of sp³-hybridized carbons (Fsp3) is 0.769. The Hall–Kier alpha value is -1.79. The van der Waals surface area contributed by atoms with E-state index in [2.05, 4.69) is 10.6 Å². The molecule has 0 saturated carbocycles. The van der Waals surface area contributed by atoms with Crippen molar-refractivity contribution >= 4 is 18.0 Å². The third-order valence-electron chi connectivity index (χ3n) is 2.74. The monoisotopic (exact) mass is 288 g/mol. The summed E-state index contributed by atoms with van der Waals surface area (Å²) >= 11 is 0. The first-order valence-electron chi connectivity index (χ1n) is 6.88. The van der Waals surface area contributed by atoms with E-state index in [9.17, 15) is 14.4 Å². The first-order chi connectivity index (χ1) is 9.49. The Bertz CT molecular complexity index is 320. The van der Waals surface area contributed by atoms with Gasteiger partial charge < -0.3 is 20.5 Å². The summed E-state index contributed by atoms with van der Waals surface area (Å²) in [5.41, 5.74) is 0. The number of amides is 2. The molecule has 0 saturated heterocycles. The molecule has 0 aromatic heterocycles. The second-order valence-electron chi connectivity index (χ2n) is 4.42. The lowest BCUT2D eigenvalue weighted by Crippen LogP contribution is -2.39. The van der Waals surface area contributed by atoms with Gasteiger partial charge in [0.05, 0.1) is 6.61 Å². The molecule has 1 unspecified atom stereocenters. The van der Waals surface area contributed by atoms with Gasteiger partial charge in [0.2, 0.25) is 0 Å². The Morgan fingerprint density at radius 3 is 2.45 bits per heavy atom. The molecule has 7 nitrogen and oxygen atoms in total. The summed E-state index contributed by atoms with van der Waals surface area (Å²) < 4.78 is 4.76. The SMILES string of the molecule is CCOC(=O)CCCNC(=O)NCC(CC)CC(=O)O. The van der Waals surface area contributed by atoms with E-state index >= 15 is 0 Å². The van der Waals surface area contributed by atoms with E-state index in [1.165, 1.54) is 0 Å². The number of rotatable bonds is 10. The molecule has 0 aromatic carbocycles. The van der Waals surface area contributed by atoms with Crippen LogP contribution in [0.25, 0.3) is 0 Å². The number of hydrogen-bond acceptors (Lipinski definition) is 4. The predicted octanol–water partition coefficient (Wildman–Crippen LogP) is 1.13. The van der Waals surface area contributed by atoms with Crippen LogP contribution in [0.15, 0.2) is 0 Å². The van der Waals surface area contributed by atoms with Crippen molar-refractivity contribution in [1.29, 1.82) is 0 Å². The van der Waals surface area contributed by atoms with Crippen LogP contribution in [0.5, 0.6) is 0 Å². The first-order valence-corrected chi connectivity index (χ1v) is 6.88. The van der Waals surface area contributed by atoms with Gasteiger partial charge in [-0.2, -0.15) is 0 Å². The van der Waals surface area contributed by atoms with Crippen molar-refractivity contribution in [2.45, 2.75) is 39.5 Å². The van der Waals surface area contributed by atoms with Gasteiger partial charge in [0, 0.05) is 25.9 Å². The van der Waals surface area contributed by atoms with Crippen LogP contribution >= 0.6 is 0 Å². The van der Waals surface area contributed by atoms with Crippen LogP contribution in [-0.2, 0) is 14.3 Å². The average Bonchev–Trinajstić information content (AvgIpc) is 2.39. The minimum atomic E-state index is -0.867. The highest BCUT2D eigenvalue weighted by Gasteiger charge is 2.12. The minimum Gasteiger partial charge on any atom is -0.481 e. The van der Waals surface area contributed by atoms with Gasteiger partial charge in [0.1, 0.15) is 0 Å². The lowest BCUT2D eigenvalue weighted by atomic mass is 10.0. The second-order valence-corrected chi connectivity index (χ2v) is 4.42. The fourth-order valence-corrected chi connectivity index (χ4v) is 1.58. The minimum absolute atomic E-state index is 0.0413. The van der Waals surface area contributed by atoms with Crippen LogP contribution in [0.2, 0.25) is 0 Å². The van der Waals surface area contributed by atoms with Gasteiger partial charge in [-0.3, -0.25) is 9.59 Å². The summed E-state index contributed by atoms with van der Waals surface area (Å²) in [5, 5.41) is 13.9. The second kappa shape index (κ2) is 11.1. The average molecular weight is 288 g/mol. The van der Waals surface area contributed by atoms with Crippen LogP contribution in [-0.4, -0.2) is 42.8 Å². The van der Waals surface area contributed by atoms with Crippen molar-refractivity contribution in [2.75, 3.05) is 19.7 Å².